The van der Waals surface area contributed by atoms with Crippen LogP contribution in [0.5, 0.6) is 11.5 Å². The highest BCUT2D eigenvalue weighted by atomic mass is 16.5. The molecule has 1 heterocycles. The number of carbonyl (C=O) groups excluding carboxylic acids is 1. The van der Waals surface area contributed by atoms with Crippen molar-refractivity contribution in [1.82, 2.24) is 4.90 Å². The van der Waals surface area contributed by atoms with Crippen molar-refractivity contribution >= 4 is 11.6 Å². The molecule has 0 bridgehead atoms. The molecule has 2 aromatic rings. The largest absolute Gasteiger partial charge is 0.490 e. The average molecular weight is 397 g/mol. The molecule has 0 aliphatic carbocycles. The lowest BCUT2D eigenvalue weighted by Crippen LogP contribution is -2.48. The predicted octanol–water partition coefficient (Wildman–Crippen LogP) is 4.54. The summed E-state index contributed by atoms with van der Waals surface area (Å²) in [7, 11) is 0. The van der Waals surface area contributed by atoms with Crippen LogP contribution < -0.4 is 14.4 Å². The van der Waals surface area contributed by atoms with Gasteiger partial charge in [0.05, 0.1) is 13.2 Å². The Morgan fingerprint density at radius 3 is 2.24 bits per heavy atom. The Kier molecular flexibility index (Phi) is 7.39. The summed E-state index contributed by atoms with van der Waals surface area (Å²) in [6.45, 7) is 10.6. The molecule has 1 amide bonds. The van der Waals surface area contributed by atoms with Gasteiger partial charge in [-0.3, -0.25) is 4.79 Å². The molecule has 0 spiro atoms. The van der Waals surface area contributed by atoms with Gasteiger partial charge in [-0.15, -0.1) is 0 Å². The molecule has 5 nitrogen and oxygen atoms in total. The van der Waals surface area contributed by atoms with Gasteiger partial charge in [-0.2, -0.15) is 0 Å². The summed E-state index contributed by atoms with van der Waals surface area (Å²) >= 11 is 0. The highest BCUT2D eigenvalue weighted by Gasteiger charge is 2.23. The van der Waals surface area contributed by atoms with E-state index in [2.05, 4.69) is 49.9 Å². The number of piperazine rings is 1. The predicted molar refractivity (Wildman–Crippen MR) is 117 cm³/mol. The van der Waals surface area contributed by atoms with Crippen LogP contribution in [0.1, 0.15) is 42.6 Å². The molecule has 1 fully saturated rings. The number of benzene rings is 2. The zero-order chi connectivity index (χ0) is 20.6. The highest BCUT2D eigenvalue weighted by molar-refractivity contribution is 5.95. The minimum atomic E-state index is 0.0530. The zero-order valence-corrected chi connectivity index (χ0v) is 17.8. The summed E-state index contributed by atoms with van der Waals surface area (Å²) in [5, 5.41) is 0. The van der Waals surface area contributed by atoms with Crippen LogP contribution in [0.15, 0.2) is 42.5 Å². The molecule has 0 aromatic heterocycles. The van der Waals surface area contributed by atoms with Crippen molar-refractivity contribution < 1.29 is 14.3 Å². The smallest absolute Gasteiger partial charge is 0.254 e. The number of aryl methyl sites for hydroxylation is 1. The van der Waals surface area contributed by atoms with E-state index in [0.717, 1.165) is 25.9 Å². The molecule has 29 heavy (non-hydrogen) atoms. The Morgan fingerprint density at radius 1 is 0.897 bits per heavy atom. The summed E-state index contributed by atoms with van der Waals surface area (Å²) in [6, 6.07) is 14.1. The van der Waals surface area contributed by atoms with E-state index in [0.29, 0.717) is 43.4 Å². The molecule has 0 N–H and O–H groups in total. The van der Waals surface area contributed by atoms with Crippen LogP contribution in [0.3, 0.4) is 0 Å². The number of carbonyl (C=O) groups is 1. The lowest BCUT2D eigenvalue weighted by Gasteiger charge is -2.36. The van der Waals surface area contributed by atoms with Crippen molar-refractivity contribution in [1.29, 1.82) is 0 Å². The third-order valence-corrected chi connectivity index (χ3v) is 5.05. The molecule has 1 aliphatic rings. The van der Waals surface area contributed by atoms with Crippen LogP contribution in [0, 0.1) is 6.92 Å². The van der Waals surface area contributed by atoms with E-state index in [-0.39, 0.29) is 5.91 Å². The molecule has 3 rings (SSSR count). The van der Waals surface area contributed by atoms with E-state index in [1.54, 1.807) is 0 Å². The van der Waals surface area contributed by atoms with Crippen molar-refractivity contribution in [2.45, 2.75) is 33.6 Å². The van der Waals surface area contributed by atoms with Gasteiger partial charge in [-0.05, 0) is 55.7 Å². The Balaban J connectivity index is 1.67. The van der Waals surface area contributed by atoms with E-state index >= 15 is 0 Å². The van der Waals surface area contributed by atoms with Crippen LogP contribution in [0.25, 0.3) is 0 Å². The van der Waals surface area contributed by atoms with Crippen molar-refractivity contribution in [2.75, 3.05) is 44.3 Å². The van der Waals surface area contributed by atoms with Crippen molar-refractivity contribution in [3.05, 3.63) is 53.6 Å². The lowest BCUT2D eigenvalue weighted by atomic mass is 10.1. The molecule has 5 heteroatoms. The second kappa shape index (κ2) is 10.2. The number of rotatable bonds is 8. The molecule has 0 radical (unpaired) electrons. The first-order chi connectivity index (χ1) is 14.1. The summed E-state index contributed by atoms with van der Waals surface area (Å²) in [5.41, 5.74) is 3.14. The maximum Gasteiger partial charge on any atom is 0.254 e. The number of hydrogen-bond donors (Lipinski definition) is 0. The number of hydrogen-bond acceptors (Lipinski definition) is 4. The fraction of sp³-hybridized carbons (Fsp3) is 0.458. The first-order valence-corrected chi connectivity index (χ1v) is 10.6. The van der Waals surface area contributed by atoms with Gasteiger partial charge in [-0.1, -0.05) is 26.0 Å². The highest BCUT2D eigenvalue weighted by Crippen LogP contribution is 2.29. The quantitative estimate of drug-likeness (QED) is 0.657. The van der Waals surface area contributed by atoms with Crippen molar-refractivity contribution in [3.63, 3.8) is 0 Å². The number of anilines is 1. The van der Waals surface area contributed by atoms with Crippen LogP contribution in [-0.4, -0.2) is 50.2 Å². The number of ether oxygens (including phenoxy) is 2. The van der Waals surface area contributed by atoms with Crippen LogP contribution >= 0.6 is 0 Å². The minimum Gasteiger partial charge on any atom is -0.490 e. The molecule has 2 aromatic carbocycles. The monoisotopic (exact) mass is 396 g/mol. The SMILES string of the molecule is CCCOc1ccc(C(=O)N2CCN(c3cccc(C)c3)CC2)cc1OCCC. The molecular formula is C24H32N2O3. The summed E-state index contributed by atoms with van der Waals surface area (Å²) in [6.07, 6.45) is 1.84. The number of amides is 1. The normalized spacial score (nSPS) is 14.0. The number of nitrogens with zero attached hydrogens (tertiary/aromatic N) is 2. The first-order valence-electron chi connectivity index (χ1n) is 10.6. The topological polar surface area (TPSA) is 42.0 Å². The average Bonchev–Trinajstić information content (AvgIpc) is 2.76. The van der Waals surface area contributed by atoms with Gasteiger partial charge in [0, 0.05) is 37.4 Å². The van der Waals surface area contributed by atoms with E-state index in [1.807, 2.05) is 23.1 Å². The third-order valence-electron chi connectivity index (χ3n) is 5.05. The van der Waals surface area contributed by atoms with Gasteiger partial charge < -0.3 is 19.3 Å². The first kappa shape index (κ1) is 21.0. The van der Waals surface area contributed by atoms with Gasteiger partial charge in [0.2, 0.25) is 0 Å². The van der Waals surface area contributed by atoms with Crippen LogP contribution in [0.4, 0.5) is 5.69 Å². The van der Waals surface area contributed by atoms with E-state index in [1.165, 1.54) is 11.3 Å². The second-order valence-electron chi connectivity index (χ2n) is 7.48. The summed E-state index contributed by atoms with van der Waals surface area (Å²) < 4.78 is 11.6. The van der Waals surface area contributed by atoms with Crippen LogP contribution in [-0.2, 0) is 0 Å². The van der Waals surface area contributed by atoms with Gasteiger partial charge in [0.25, 0.3) is 5.91 Å². The van der Waals surface area contributed by atoms with E-state index in [9.17, 15) is 4.79 Å². The van der Waals surface area contributed by atoms with Crippen LogP contribution in [0.2, 0.25) is 0 Å². The molecule has 1 saturated heterocycles. The van der Waals surface area contributed by atoms with E-state index < -0.39 is 0 Å². The summed E-state index contributed by atoms with van der Waals surface area (Å²) in [5.74, 6) is 1.42. The minimum absolute atomic E-state index is 0.0530. The second-order valence-corrected chi connectivity index (χ2v) is 7.48. The fourth-order valence-corrected chi connectivity index (χ4v) is 3.47. The molecule has 0 unspecified atom stereocenters. The summed E-state index contributed by atoms with van der Waals surface area (Å²) in [4.78, 5) is 17.3. The molecule has 156 valence electrons. The van der Waals surface area contributed by atoms with Crippen molar-refractivity contribution in [3.8, 4) is 11.5 Å². The molecule has 0 saturated carbocycles. The fourth-order valence-electron chi connectivity index (χ4n) is 3.47. The van der Waals surface area contributed by atoms with Gasteiger partial charge >= 0.3 is 0 Å². The van der Waals surface area contributed by atoms with Crippen molar-refractivity contribution in [2.24, 2.45) is 0 Å². The Hall–Kier alpha value is -2.69. The van der Waals surface area contributed by atoms with Gasteiger partial charge in [-0.25, -0.2) is 0 Å². The molecule has 0 atom stereocenters. The van der Waals surface area contributed by atoms with Gasteiger partial charge in [0.1, 0.15) is 0 Å². The van der Waals surface area contributed by atoms with E-state index in [4.69, 9.17) is 9.47 Å². The maximum absolute atomic E-state index is 13.1. The molecular weight excluding hydrogens is 364 g/mol. The zero-order valence-electron chi connectivity index (χ0n) is 17.8. The Bertz CT molecular complexity index is 814. The standard InChI is InChI=1S/C24H32N2O3/c1-4-15-28-22-10-9-20(18-23(22)29-16-5-2)24(27)26-13-11-25(12-14-26)21-8-6-7-19(3)17-21/h6-10,17-18H,4-5,11-16H2,1-3H3. The maximum atomic E-state index is 13.1. The molecule has 1 aliphatic heterocycles. The third kappa shape index (κ3) is 5.43. The lowest BCUT2D eigenvalue weighted by molar-refractivity contribution is 0.0746. The Morgan fingerprint density at radius 2 is 1.59 bits per heavy atom. The Labute approximate surface area is 174 Å². The van der Waals surface area contributed by atoms with Gasteiger partial charge in [0.15, 0.2) is 11.5 Å².